The zero-order valence-corrected chi connectivity index (χ0v) is 8.10. The lowest BCUT2D eigenvalue weighted by Gasteiger charge is -1.92. The molecule has 0 aliphatic rings. The molecule has 4 heteroatoms. The summed E-state index contributed by atoms with van der Waals surface area (Å²) >= 11 is 1.32. The standard InChI is InChI=1S/C9H10N2OS/c1-3-7-6(4-11-2)9(10)8(5-12)13-7/h3-5H,1,10H2,2H3. The molecule has 0 saturated heterocycles. The molecule has 0 aliphatic carbocycles. The second-order valence-corrected chi connectivity index (χ2v) is 3.45. The minimum Gasteiger partial charge on any atom is -0.397 e. The molecule has 0 aromatic carbocycles. The highest BCUT2D eigenvalue weighted by Gasteiger charge is 2.10. The molecule has 1 heterocycles. The Morgan fingerprint density at radius 1 is 1.54 bits per heavy atom. The average Bonchev–Trinajstić information content (AvgIpc) is 2.45. The van der Waals surface area contributed by atoms with Crippen LogP contribution in [-0.2, 0) is 0 Å². The van der Waals surface area contributed by atoms with Crippen LogP contribution in [-0.4, -0.2) is 19.5 Å². The number of carbonyl (C=O) groups is 1. The summed E-state index contributed by atoms with van der Waals surface area (Å²) in [5, 5.41) is 0. The van der Waals surface area contributed by atoms with Crippen LogP contribution in [0.5, 0.6) is 0 Å². The van der Waals surface area contributed by atoms with Gasteiger partial charge >= 0.3 is 0 Å². The topological polar surface area (TPSA) is 55.5 Å². The number of nitrogens with zero attached hydrogens (tertiary/aromatic N) is 1. The number of thiophene rings is 1. The van der Waals surface area contributed by atoms with Gasteiger partial charge in [-0.05, 0) is 0 Å². The van der Waals surface area contributed by atoms with Gasteiger partial charge in [0.05, 0.1) is 10.6 Å². The van der Waals surface area contributed by atoms with Crippen molar-refractivity contribution in [2.75, 3.05) is 12.8 Å². The first-order valence-electron chi connectivity index (χ1n) is 3.66. The first-order chi connectivity index (χ1) is 6.24. The van der Waals surface area contributed by atoms with E-state index < -0.39 is 0 Å². The summed E-state index contributed by atoms with van der Waals surface area (Å²) in [7, 11) is 1.66. The largest absolute Gasteiger partial charge is 0.397 e. The molecule has 0 aliphatic heterocycles. The van der Waals surface area contributed by atoms with Crippen LogP contribution in [0.4, 0.5) is 5.69 Å². The maximum atomic E-state index is 10.6. The van der Waals surface area contributed by atoms with Crippen molar-refractivity contribution in [3.63, 3.8) is 0 Å². The monoisotopic (exact) mass is 194 g/mol. The first kappa shape index (κ1) is 9.67. The molecular weight excluding hydrogens is 184 g/mol. The molecule has 0 atom stereocenters. The maximum absolute atomic E-state index is 10.6. The third kappa shape index (κ3) is 1.67. The molecule has 1 rings (SSSR count). The summed E-state index contributed by atoms with van der Waals surface area (Å²) < 4.78 is 0. The van der Waals surface area contributed by atoms with Crippen molar-refractivity contribution in [1.82, 2.24) is 0 Å². The Kier molecular flexibility index (Phi) is 2.97. The van der Waals surface area contributed by atoms with Crippen molar-refractivity contribution < 1.29 is 4.79 Å². The van der Waals surface area contributed by atoms with Crippen molar-refractivity contribution >= 4 is 35.6 Å². The van der Waals surface area contributed by atoms with E-state index in [9.17, 15) is 4.79 Å². The van der Waals surface area contributed by atoms with Gasteiger partial charge in [-0.15, -0.1) is 11.3 Å². The summed E-state index contributed by atoms with van der Waals surface area (Å²) in [4.78, 5) is 15.8. The van der Waals surface area contributed by atoms with E-state index in [2.05, 4.69) is 11.6 Å². The van der Waals surface area contributed by atoms with E-state index in [4.69, 9.17) is 5.73 Å². The minimum atomic E-state index is 0.487. The Morgan fingerprint density at radius 2 is 2.23 bits per heavy atom. The van der Waals surface area contributed by atoms with Gasteiger partial charge in [-0.3, -0.25) is 9.79 Å². The highest BCUT2D eigenvalue weighted by molar-refractivity contribution is 7.15. The fraction of sp³-hybridized carbons (Fsp3) is 0.111. The van der Waals surface area contributed by atoms with E-state index in [1.807, 2.05) is 0 Å². The third-order valence-corrected chi connectivity index (χ3v) is 2.73. The molecule has 3 nitrogen and oxygen atoms in total. The number of carbonyl (C=O) groups excluding carboxylic acids is 1. The fourth-order valence-corrected chi connectivity index (χ4v) is 1.86. The number of nitrogen functional groups attached to an aromatic ring is 1. The van der Waals surface area contributed by atoms with Crippen LogP contribution in [0, 0.1) is 0 Å². The van der Waals surface area contributed by atoms with Crippen LogP contribution in [0.15, 0.2) is 11.6 Å². The molecule has 0 fully saturated rings. The zero-order chi connectivity index (χ0) is 9.84. The third-order valence-electron chi connectivity index (χ3n) is 1.59. The Bertz CT molecular complexity index is 366. The van der Waals surface area contributed by atoms with Crippen LogP contribution in [0.2, 0.25) is 0 Å². The second kappa shape index (κ2) is 4.00. The second-order valence-electron chi connectivity index (χ2n) is 2.37. The Labute approximate surface area is 80.6 Å². The average molecular weight is 194 g/mol. The number of rotatable bonds is 3. The molecule has 68 valence electrons. The number of nitrogens with two attached hydrogens (primary N) is 1. The highest BCUT2D eigenvalue weighted by Crippen LogP contribution is 2.29. The summed E-state index contributed by atoms with van der Waals surface area (Å²) in [6.07, 6.45) is 4.06. The SMILES string of the molecule is C=Cc1sc(C=O)c(N)c1C=NC. The van der Waals surface area contributed by atoms with Gasteiger partial charge in [0.1, 0.15) is 0 Å². The van der Waals surface area contributed by atoms with Crippen LogP contribution < -0.4 is 5.73 Å². The van der Waals surface area contributed by atoms with Crippen molar-refractivity contribution in [3.8, 4) is 0 Å². The van der Waals surface area contributed by atoms with Crippen LogP contribution in [0.3, 0.4) is 0 Å². The molecule has 1 aromatic heterocycles. The summed E-state index contributed by atoms with van der Waals surface area (Å²) in [6.45, 7) is 3.64. The van der Waals surface area contributed by atoms with Crippen molar-refractivity contribution in [2.45, 2.75) is 0 Å². The van der Waals surface area contributed by atoms with E-state index >= 15 is 0 Å². The predicted octanol–water partition coefficient (Wildman–Crippen LogP) is 1.83. The normalized spacial score (nSPS) is 10.5. The van der Waals surface area contributed by atoms with E-state index in [0.717, 1.165) is 16.7 Å². The number of hydrogen-bond acceptors (Lipinski definition) is 4. The Hall–Kier alpha value is -1.42. The molecule has 0 spiro atoms. The molecule has 0 bridgehead atoms. The number of anilines is 1. The molecule has 1 aromatic rings. The van der Waals surface area contributed by atoms with Gasteiger partial charge in [-0.2, -0.15) is 0 Å². The number of hydrogen-bond donors (Lipinski definition) is 1. The van der Waals surface area contributed by atoms with Gasteiger partial charge in [0.25, 0.3) is 0 Å². The summed E-state index contributed by atoms with van der Waals surface area (Å²) in [5.41, 5.74) is 6.99. The van der Waals surface area contributed by atoms with Crippen molar-refractivity contribution in [3.05, 3.63) is 21.9 Å². The van der Waals surface area contributed by atoms with Gasteiger partial charge in [-0.1, -0.05) is 12.7 Å². The van der Waals surface area contributed by atoms with E-state index in [1.54, 1.807) is 19.3 Å². The molecule has 0 amide bonds. The lowest BCUT2D eigenvalue weighted by molar-refractivity contribution is 0.112. The van der Waals surface area contributed by atoms with Crippen molar-refractivity contribution in [2.24, 2.45) is 4.99 Å². The van der Waals surface area contributed by atoms with Crippen LogP contribution in [0.25, 0.3) is 6.08 Å². The van der Waals surface area contributed by atoms with Gasteiger partial charge < -0.3 is 5.73 Å². The van der Waals surface area contributed by atoms with E-state index in [0.29, 0.717) is 10.6 Å². The molecule has 0 radical (unpaired) electrons. The smallest absolute Gasteiger partial charge is 0.162 e. The van der Waals surface area contributed by atoms with Gasteiger partial charge in [0.15, 0.2) is 6.29 Å². The Balaban J connectivity index is 3.36. The quantitative estimate of drug-likeness (QED) is 0.589. The van der Waals surface area contributed by atoms with Gasteiger partial charge in [0, 0.05) is 23.7 Å². The molecule has 0 saturated carbocycles. The minimum absolute atomic E-state index is 0.487. The fourth-order valence-electron chi connectivity index (χ4n) is 0.995. The lowest BCUT2D eigenvalue weighted by Crippen LogP contribution is -1.92. The van der Waals surface area contributed by atoms with E-state index in [1.165, 1.54) is 11.3 Å². The number of aldehydes is 1. The maximum Gasteiger partial charge on any atom is 0.162 e. The molecule has 2 N–H and O–H groups in total. The molecule has 13 heavy (non-hydrogen) atoms. The Morgan fingerprint density at radius 3 is 2.69 bits per heavy atom. The highest BCUT2D eigenvalue weighted by atomic mass is 32.1. The summed E-state index contributed by atoms with van der Waals surface area (Å²) in [6, 6.07) is 0. The molecule has 0 unspecified atom stereocenters. The van der Waals surface area contributed by atoms with E-state index in [-0.39, 0.29) is 0 Å². The first-order valence-corrected chi connectivity index (χ1v) is 4.48. The summed E-state index contributed by atoms with van der Waals surface area (Å²) in [5.74, 6) is 0. The lowest BCUT2D eigenvalue weighted by atomic mass is 10.2. The van der Waals surface area contributed by atoms with Crippen LogP contribution in [0.1, 0.15) is 20.1 Å². The van der Waals surface area contributed by atoms with Gasteiger partial charge in [-0.25, -0.2) is 0 Å². The molecular formula is C9H10N2OS. The zero-order valence-electron chi connectivity index (χ0n) is 7.28. The number of aliphatic imine (C=N–C) groups is 1. The van der Waals surface area contributed by atoms with Crippen LogP contribution >= 0.6 is 11.3 Å². The van der Waals surface area contributed by atoms with Crippen molar-refractivity contribution in [1.29, 1.82) is 0 Å². The van der Waals surface area contributed by atoms with Gasteiger partial charge in [0.2, 0.25) is 0 Å². The predicted molar refractivity (Wildman–Crippen MR) is 57.7 cm³/mol.